The van der Waals surface area contributed by atoms with E-state index in [1.807, 2.05) is 0 Å². The van der Waals surface area contributed by atoms with Crippen LogP contribution in [0.15, 0.2) is 6.20 Å². The maximum Gasteiger partial charge on any atom is 0.199 e. The summed E-state index contributed by atoms with van der Waals surface area (Å²) in [5.41, 5.74) is 6.35. The van der Waals surface area contributed by atoms with Gasteiger partial charge in [-0.05, 0) is 25.2 Å². The molecule has 0 saturated carbocycles. The topological polar surface area (TPSA) is 63.9 Å². The number of aromatic amines is 1. The van der Waals surface area contributed by atoms with E-state index in [0.717, 1.165) is 12.0 Å². The fourth-order valence-corrected chi connectivity index (χ4v) is 1.07. The van der Waals surface area contributed by atoms with Gasteiger partial charge in [-0.15, -0.1) is 0 Å². The van der Waals surface area contributed by atoms with E-state index in [4.69, 9.17) is 22.7 Å². The zero-order valence-electron chi connectivity index (χ0n) is 6.83. The van der Waals surface area contributed by atoms with E-state index in [-0.39, 0.29) is 0 Å². The lowest BCUT2D eigenvalue weighted by Gasteiger charge is -2.05. The van der Waals surface area contributed by atoms with Crippen LogP contribution in [0.5, 0.6) is 5.88 Å². The van der Waals surface area contributed by atoms with Gasteiger partial charge in [-0.2, -0.15) is 0 Å². The molecule has 0 aliphatic carbocycles. The predicted molar refractivity (Wildman–Crippen MR) is 48.7 cm³/mol. The summed E-state index contributed by atoms with van der Waals surface area (Å²) in [6, 6.07) is 0. The number of aromatic nitrogens is 2. The number of H-pyrrole nitrogens is 1. The Morgan fingerprint density at radius 1 is 1.75 bits per heavy atom. The van der Waals surface area contributed by atoms with Crippen LogP contribution in [0, 0.1) is 4.77 Å². The van der Waals surface area contributed by atoms with Crippen LogP contribution in [0.2, 0.25) is 0 Å². The third-order valence-corrected chi connectivity index (χ3v) is 1.68. The summed E-state index contributed by atoms with van der Waals surface area (Å²) in [4.78, 5) is 6.77. The first-order chi connectivity index (χ1) is 5.77. The Kier molecular flexibility index (Phi) is 3.19. The normalized spacial score (nSPS) is 9.83. The van der Waals surface area contributed by atoms with E-state index < -0.39 is 0 Å². The molecule has 66 valence electrons. The van der Waals surface area contributed by atoms with Crippen LogP contribution in [0.25, 0.3) is 0 Å². The lowest BCUT2D eigenvalue weighted by atomic mass is 10.2. The first-order valence-corrected chi connectivity index (χ1v) is 4.01. The second-order valence-corrected chi connectivity index (χ2v) is 2.67. The highest BCUT2D eigenvalue weighted by Gasteiger charge is 2.01. The Morgan fingerprint density at radius 2 is 2.50 bits per heavy atom. The minimum atomic E-state index is 0.424. The van der Waals surface area contributed by atoms with Crippen LogP contribution in [-0.2, 0) is 6.42 Å². The number of hydrogen-bond acceptors (Lipinski definition) is 4. The molecule has 0 aromatic carbocycles. The van der Waals surface area contributed by atoms with Gasteiger partial charge in [0, 0.05) is 11.8 Å². The van der Waals surface area contributed by atoms with Crippen molar-refractivity contribution in [2.45, 2.75) is 6.42 Å². The lowest BCUT2D eigenvalue weighted by Crippen LogP contribution is -2.05. The van der Waals surface area contributed by atoms with E-state index in [1.165, 1.54) is 0 Å². The van der Waals surface area contributed by atoms with Gasteiger partial charge in [0.1, 0.15) is 0 Å². The molecule has 0 atom stereocenters. The second-order valence-electron chi connectivity index (χ2n) is 2.29. The first-order valence-electron chi connectivity index (χ1n) is 3.60. The summed E-state index contributed by atoms with van der Waals surface area (Å²) in [6.45, 7) is 0.572. The number of nitrogens with zero attached hydrogens (tertiary/aromatic N) is 1. The molecule has 1 aromatic heterocycles. The van der Waals surface area contributed by atoms with Crippen LogP contribution < -0.4 is 10.5 Å². The largest absolute Gasteiger partial charge is 0.482 e. The van der Waals surface area contributed by atoms with Crippen molar-refractivity contribution in [3.05, 3.63) is 16.5 Å². The summed E-state index contributed by atoms with van der Waals surface area (Å²) in [7, 11) is 1.58. The van der Waals surface area contributed by atoms with Crippen LogP contribution in [-0.4, -0.2) is 23.6 Å². The maximum absolute atomic E-state index is 5.40. The molecule has 0 fully saturated rings. The third-order valence-electron chi connectivity index (χ3n) is 1.47. The van der Waals surface area contributed by atoms with E-state index in [2.05, 4.69) is 9.97 Å². The molecule has 0 amide bonds. The van der Waals surface area contributed by atoms with Crippen molar-refractivity contribution in [3.63, 3.8) is 0 Å². The monoisotopic (exact) mass is 185 g/mol. The number of ether oxygens (including phenoxy) is 1. The summed E-state index contributed by atoms with van der Waals surface area (Å²) in [6.07, 6.45) is 2.42. The maximum atomic E-state index is 5.40. The number of nitrogens with one attached hydrogen (secondary N) is 1. The molecule has 3 N–H and O–H groups in total. The molecule has 0 saturated heterocycles. The van der Waals surface area contributed by atoms with Crippen LogP contribution in [0.4, 0.5) is 0 Å². The number of nitrogens with two attached hydrogens (primary N) is 1. The standard InChI is InChI=1S/C7H11N3OS/c1-11-6-5(2-3-8)4-9-7(12)10-6/h4H,2-3,8H2,1H3,(H,9,10,12). The Bertz CT molecular complexity index is 310. The highest BCUT2D eigenvalue weighted by molar-refractivity contribution is 7.71. The molecule has 0 bridgehead atoms. The zero-order chi connectivity index (χ0) is 8.97. The average Bonchev–Trinajstić information content (AvgIpc) is 2.08. The van der Waals surface area contributed by atoms with Gasteiger partial charge in [-0.3, -0.25) is 0 Å². The van der Waals surface area contributed by atoms with Crippen LogP contribution in [0.1, 0.15) is 5.56 Å². The Labute approximate surface area is 75.8 Å². The molecule has 4 nitrogen and oxygen atoms in total. The lowest BCUT2D eigenvalue weighted by molar-refractivity contribution is 0.390. The highest BCUT2D eigenvalue weighted by Crippen LogP contribution is 2.12. The van der Waals surface area contributed by atoms with Crippen molar-refractivity contribution in [1.29, 1.82) is 0 Å². The quantitative estimate of drug-likeness (QED) is 0.679. The average molecular weight is 185 g/mol. The number of hydrogen-bond donors (Lipinski definition) is 2. The van der Waals surface area contributed by atoms with Gasteiger partial charge in [0.2, 0.25) is 0 Å². The molecule has 0 aliphatic rings. The van der Waals surface area contributed by atoms with Gasteiger partial charge in [0.25, 0.3) is 0 Å². The van der Waals surface area contributed by atoms with Gasteiger partial charge in [-0.25, -0.2) is 4.98 Å². The van der Waals surface area contributed by atoms with Crippen molar-refractivity contribution in [3.8, 4) is 5.88 Å². The van der Waals surface area contributed by atoms with Gasteiger partial charge >= 0.3 is 0 Å². The molecule has 1 rings (SSSR count). The summed E-state index contributed by atoms with van der Waals surface area (Å²) >= 11 is 4.83. The molecule has 0 aliphatic heterocycles. The number of rotatable bonds is 3. The Balaban J connectivity index is 3.02. The van der Waals surface area contributed by atoms with Crippen LogP contribution in [0.3, 0.4) is 0 Å². The predicted octanol–water partition coefficient (Wildman–Crippen LogP) is 0.649. The molecular weight excluding hydrogens is 174 g/mol. The third kappa shape index (κ3) is 2.02. The van der Waals surface area contributed by atoms with Gasteiger partial charge in [-0.1, -0.05) is 0 Å². The van der Waals surface area contributed by atoms with Crippen molar-refractivity contribution >= 4 is 12.2 Å². The summed E-state index contributed by atoms with van der Waals surface area (Å²) < 4.78 is 5.48. The fourth-order valence-electron chi connectivity index (χ4n) is 0.921. The van der Waals surface area contributed by atoms with Gasteiger partial charge < -0.3 is 15.5 Å². The minimum Gasteiger partial charge on any atom is -0.482 e. The van der Waals surface area contributed by atoms with Crippen molar-refractivity contribution in [1.82, 2.24) is 9.97 Å². The van der Waals surface area contributed by atoms with E-state index in [1.54, 1.807) is 13.3 Å². The van der Waals surface area contributed by atoms with Crippen molar-refractivity contribution in [2.75, 3.05) is 13.7 Å². The molecule has 12 heavy (non-hydrogen) atoms. The smallest absolute Gasteiger partial charge is 0.199 e. The zero-order valence-corrected chi connectivity index (χ0v) is 7.65. The van der Waals surface area contributed by atoms with E-state index in [9.17, 15) is 0 Å². The van der Waals surface area contributed by atoms with Crippen LogP contribution >= 0.6 is 12.2 Å². The van der Waals surface area contributed by atoms with E-state index >= 15 is 0 Å². The fraction of sp³-hybridized carbons (Fsp3) is 0.429. The summed E-state index contributed by atoms with van der Waals surface area (Å²) in [5.74, 6) is 0.653. The van der Waals surface area contributed by atoms with Crippen molar-refractivity contribution < 1.29 is 4.74 Å². The minimum absolute atomic E-state index is 0.424. The second kappa shape index (κ2) is 4.18. The Morgan fingerprint density at radius 3 is 3.08 bits per heavy atom. The molecule has 5 heteroatoms. The van der Waals surface area contributed by atoms with Gasteiger partial charge in [0.05, 0.1) is 7.11 Å². The SMILES string of the molecule is COc1[nH]c(=S)ncc1CCN. The molecule has 1 heterocycles. The van der Waals surface area contributed by atoms with E-state index in [0.29, 0.717) is 17.2 Å². The first kappa shape index (κ1) is 9.15. The molecule has 0 unspecified atom stereocenters. The molecule has 0 radical (unpaired) electrons. The molecule has 0 spiro atoms. The van der Waals surface area contributed by atoms with Crippen molar-refractivity contribution in [2.24, 2.45) is 5.73 Å². The Hall–Kier alpha value is -0.940. The summed E-state index contributed by atoms with van der Waals surface area (Å²) in [5, 5.41) is 0. The number of methoxy groups -OCH3 is 1. The molecular formula is C7H11N3OS. The highest BCUT2D eigenvalue weighted by atomic mass is 32.1. The van der Waals surface area contributed by atoms with Gasteiger partial charge in [0.15, 0.2) is 10.7 Å². The molecule has 1 aromatic rings.